The fraction of sp³-hybridized carbons (Fsp3) is 0.167. The van der Waals surface area contributed by atoms with Crippen molar-refractivity contribution in [3.05, 3.63) is 118 Å². The fourth-order valence-electron chi connectivity index (χ4n) is 3.73. The quantitative estimate of drug-likeness (QED) is 0.153. The summed E-state index contributed by atoms with van der Waals surface area (Å²) in [4.78, 5) is 8.46. The number of hydrogen-bond donors (Lipinski definition) is 1. The highest BCUT2D eigenvalue weighted by molar-refractivity contribution is 8.13. The molecule has 0 saturated heterocycles. The molecule has 0 unspecified atom stereocenters. The molecule has 0 fully saturated rings. The van der Waals surface area contributed by atoms with Crippen molar-refractivity contribution in [3.63, 3.8) is 0 Å². The number of ether oxygens (including phenoxy) is 1. The Morgan fingerprint density at radius 2 is 1.56 bits per heavy atom. The number of hydrogen-bond acceptors (Lipinski definition) is 4. The van der Waals surface area contributed by atoms with Crippen molar-refractivity contribution in [1.29, 1.82) is 0 Å². The lowest BCUT2D eigenvalue weighted by molar-refractivity contribution is 0.410. The van der Waals surface area contributed by atoms with Gasteiger partial charge in [0.1, 0.15) is 17.2 Å². The third-order valence-electron chi connectivity index (χ3n) is 5.62. The smallest absolute Gasteiger partial charge is 0.170 e. The van der Waals surface area contributed by atoms with Crippen molar-refractivity contribution in [2.75, 3.05) is 7.11 Å². The molecule has 36 heavy (non-hydrogen) atoms. The summed E-state index contributed by atoms with van der Waals surface area (Å²) in [6.45, 7) is 5.33. The van der Waals surface area contributed by atoms with Gasteiger partial charge in [0.2, 0.25) is 0 Å². The summed E-state index contributed by atoms with van der Waals surface area (Å²) >= 11 is 7.93. The van der Waals surface area contributed by atoms with E-state index >= 15 is 0 Å². The van der Waals surface area contributed by atoms with Gasteiger partial charge in [0.25, 0.3) is 0 Å². The maximum atomic E-state index is 9.79. The van der Waals surface area contributed by atoms with E-state index in [0.29, 0.717) is 18.1 Å². The Kier molecular flexibility index (Phi) is 8.57. The zero-order chi connectivity index (χ0) is 25.5. The predicted octanol–water partition coefficient (Wildman–Crippen LogP) is 8.15. The van der Waals surface area contributed by atoms with Crippen LogP contribution < -0.4 is 4.74 Å². The van der Waals surface area contributed by atoms with Gasteiger partial charge in [-0.2, -0.15) is 0 Å². The summed E-state index contributed by atoms with van der Waals surface area (Å²) in [5.74, 6) is 0.961. The predicted molar refractivity (Wildman–Crippen MR) is 151 cm³/mol. The van der Waals surface area contributed by atoms with Crippen LogP contribution in [0.2, 0.25) is 5.02 Å². The molecule has 4 aromatic carbocycles. The van der Waals surface area contributed by atoms with E-state index in [0.717, 1.165) is 38.2 Å². The van der Waals surface area contributed by atoms with Crippen LogP contribution >= 0.6 is 23.4 Å². The minimum Gasteiger partial charge on any atom is -0.508 e. The summed E-state index contributed by atoms with van der Waals surface area (Å²) in [6.07, 6.45) is 0. The Bertz CT molecular complexity index is 1340. The second-order valence-corrected chi connectivity index (χ2v) is 10.1. The number of phenols is 1. The van der Waals surface area contributed by atoms with Gasteiger partial charge in [-0.15, -0.1) is 0 Å². The first-order valence-corrected chi connectivity index (χ1v) is 12.8. The molecule has 0 radical (unpaired) electrons. The standard InChI is InChI=1S/C30H29ClN2O2S/c1-21-7-14-27(15-8-21)36-30(32-28-17-22(2)9-16-29(28)35-3)33(19-23-10-12-26(34)13-11-23)20-24-5-4-6-25(31)18-24/h4-18,34H,19-20H2,1-3H3. The Morgan fingerprint density at radius 3 is 2.25 bits per heavy atom. The van der Waals surface area contributed by atoms with Crippen LogP contribution in [-0.4, -0.2) is 22.3 Å². The number of benzene rings is 4. The second kappa shape index (κ2) is 12.0. The van der Waals surface area contributed by atoms with Gasteiger partial charge in [-0.25, -0.2) is 4.99 Å². The average Bonchev–Trinajstić information content (AvgIpc) is 2.86. The molecule has 0 atom stereocenters. The van der Waals surface area contributed by atoms with Crippen molar-refractivity contribution in [3.8, 4) is 11.5 Å². The van der Waals surface area contributed by atoms with Crippen LogP contribution in [0.5, 0.6) is 11.5 Å². The van der Waals surface area contributed by atoms with Crippen molar-refractivity contribution in [2.24, 2.45) is 4.99 Å². The third-order valence-corrected chi connectivity index (χ3v) is 6.90. The van der Waals surface area contributed by atoms with Crippen LogP contribution in [0.3, 0.4) is 0 Å². The van der Waals surface area contributed by atoms with Gasteiger partial charge in [-0.3, -0.25) is 0 Å². The number of aliphatic imine (C=N–C) groups is 1. The molecule has 184 valence electrons. The first-order valence-electron chi connectivity index (χ1n) is 11.6. The molecule has 4 rings (SSSR count). The first kappa shape index (κ1) is 25.7. The molecule has 6 heteroatoms. The van der Waals surface area contributed by atoms with Crippen molar-refractivity contribution < 1.29 is 9.84 Å². The van der Waals surface area contributed by atoms with E-state index in [1.54, 1.807) is 31.0 Å². The number of nitrogens with zero attached hydrogens (tertiary/aromatic N) is 2. The molecule has 4 nitrogen and oxygen atoms in total. The Balaban J connectivity index is 1.80. The highest BCUT2D eigenvalue weighted by Gasteiger charge is 2.17. The number of phenolic OH excluding ortho intramolecular Hbond substituents is 1. The highest BCUT2D eigenvalue weighted by atomic mass is 35.5. The zero-order valence-corrected chi connectivity index (χ0v) is 22.2. The number of aryl methyl sites for hydroxylation is 2. The van der Waals surface area contributed by atoms with Crippen LogP contribution in [0.4, 0.5) is 5.69 Å². The van der Waals surface area contributed by atoms with E-state index in [1.807, 2.05) is 55.5 Å². The molecule has 0 heterocycles. The van der Waals surface area contributed by atoms with E-state index in [1.165, 1.54) is 5.56 Å². The van der Waals surface area contributed by atoms with Gasteiger partial charge in [0.15, 0.2) is 5.17 Å². The van der Waals surface area contributed by atoms with Gasteiger partial charge in [-0.1, -0.05) is 71.4 Å². The largest absolute Gasteiger partial charge is 0.508 e. The molecule has 0 saturated carbocycles. The van der Waals surface area contributed by atoms with E-state index < -0.39 is 0 Å². The average molecular weight is 517 g/mol. The molecule has 0 aromatic heterocycles. The minimum atomic E-state index is 0.243. The maximum Gasteiger partial charge on any atom is 0.170 e. The second-order valence-electron chi connectivity index (χ2n) is 8.64. The van der Waals surface area contributed by atoms with Crippen LogP contribution in [0.15, 0.2) is 101 Å². The van der Waals surface area contributed by atoms with Crippen LogP contribution in [-0.2, 0) is 13.1 Å². The van der Waals surface area contributed by atoms with Crippen LogP contribution in [0.25, 0.3) is 0 Å². The van der Waals surface area contributed by atoms with Gasteiger partial charge in [0.05, 0.1) is 7.11 Å². The number of amidine groups is 1. The summed E-state index contributed by atoms with van der Waals surface area (Å²) in [5.41, 5.74) is 5.22. The summed E-state index contributed by atoms with van der Waals surface area (Å²) in [6, 6.07) is 29.6. The van der Waals surface area contributed by atoms with Gasteiger partial charge < -0.3 is 14.7 Å². The molecule has 0 bridgehead atoms. The fourth-order valence-corrected chi connectivity index (χ4v) is 4.83. The number of halogens is 1. The van der Waals surface area contributed by atoms with Gasteiger partial charge in [0, 0.05) is 23.0 Å². The van der Waals surface area contributed by atoms with Crippen molar-refractivity contribution >= 4 is 34.2 Å². The summed E-state index contributed by atoms with van der Waals surface area (Å²) in [7, 11) is 1.66. The molecule has 0 aliphatic carbocycles. The number of methoxy groups -OCH3 is 1. The third kappa shape index (κ3) is 7.06. The monoisotopic (exact) mass is 516 g/mol. The maximum absolute atomic E-state index is 9.79. The zero-order valence-electron chi connectivity index (χ0n) is 20.6. The molecule has 0 amide bonds. The minimum absolute atomic E-state index is 0.243. The highest BCUT2D eigenvalue weighted by Crippen LogP contribution is 2.33. The Hall–Kier alpha value is -3.41. The van der Waals surface area contributed by atoms with E-state index in [4.69, 9.17) is 21.3 Å². The number of thioether (sulfide) groups is 1. The Morgan fingerprint density at radius 1 is 0.861 bits per heavy atom. The number of rotatable bonds is 7. The molecular weight excluding hydrogens is 488 g/mol. The molecular formula is C30H29ClN2O2S. The van der Waals surface area contributed by atoms with Gasteiger partial charge >= 0.3 is 0 Å². The lowest BCUT2D eigenvalue weighted by Gasteiger charge is -2.27. The van der Waals surface area contributed by atoms with E-state index in [2.05, 4.69) is 42.2 Å². The van der Waals surface area contributed by atoms with Gasteiger partial charge in [-0.05, 0) is 79.1 Å². The van der Waals surface area contributed by atoms with Crippen LogP contribution in [0, 0.1) is 13.8 Å². The number of aromatic hydroxyl groups is 1. The lowest BCUT2D eigenvalue weighted by Crippen LogP contribution is -2.28. The normalized spacial score (nSPS) is 11.4. The van der Waals surface area contributed by atoms with Crippen molar-refractivity contribution in [1.82, 2.24) is 4.90 Å². The molecule has 0 aliphatic heterocycles. The molecule has 0 aliphatic rings. The molecule has 1 N–H and O–H groups in total. The summed E-state index contributed by atoms with van der Waals surface area (Å²) < 4.78 is 5.63. The topological polar surface area (TPSA) is 45.1 Å². The molecule has 4 aromatic rings. The van der Waals surface area contributed by atoms with E-state index in [-0.39, 0.29) is 5.75 Å². The molecule has 0 spiro atoms. The first-order chi connectivity index (χ1) is 17.4. The summed E-state index contributed by atoms with van der Waals surface area (Å²) in [5, 5.41) is 11.3. The van der Waals surface area contributed by atoms with E-state index in [9.17, 15) is 5.11 Å². The lowest BCUT2D eigenvalue weighted by atomic mass is 10.1. The SMILES string of the molecule is COc1ccc(C)cc1N=C(Sc1ccc(C)cc1)N(Cc1ccc(O)cc1)Cc1cccc(Cl)c1. The van der Waals surface area contributed by atoms with Crippen LogP contribution in [0.1, 0.15) is 22.3 Å². The Labute approximate surface area is 222 Å². The van der Waals surface area contributed by atoms with Crippen molar-refractivity contribution in [2.45, 2.75) is 31.8 Å².